The highest BCUT2D eigenvalue weighted by molar-refractivity contribution is 7.99. The molecule has 0 aliphatic carbocycles. The van der Waals surface area contributed by atoms with Crippen LogP contribution in [0.2, 0.25) is 0 Å². The summed E-state index contributed by atoms with van der Waals surface area (Å²) in [5.41, 5.74) is 3.71. The van der Waals surface area contributed by atoms with Crippen molar-refractivity contribution in [2.45, 2.75) is 49.4 Å². The number of hydrogen-bond donors (Lipinski definition) is 2. The third kappa shape index (κ3) is 5.12. The van der Waals surface area contributed by atoms with E-state index in [4.69, 9.17) is 4.74 Å². The van der Waals surface area contributed by atoms with E-state index in [9.17, 15) is 15.5 Å². The lowest BCUT2D eigenvalue weighted by Gasteiger charge is -2.32. The molecule has 1 heterocycles. The first-order valence-corrected chi connectivity index (χ1v) is 10.3. The summed E-state index contributed by atoms with van der Waals surface area (Å²) in [6, 6.07) is 16.4. The molecule has 27 heavy (non-hydrogen) atoms. The number of nitriles is 1. The molecule has 3 atom stereocenters. The minimum absolute atomic E-state index is 0.0984. The zero-order valence-electron chi connectivity index (χ0n) is 15.5. The summed E-state index contributed by atoms with van der Waals surface area (Å²) in [6.07, 6.45) is 0.543. The number of ether oxygens (including phenoxy) is 1. The van der Waals surface area contributed by atoms with Crippen LogP contribution in [0.5, 0.6) is 0 Å². The first kappa shape index (κ1) is 19.9. The number of aliphatic hydroxyl groups excluding tert-OH is 2. The Kier molecular flexibility index (Phi) is 6.92. The Balaban J connectivity index is 1.82. The van der Waals surface area contributed by atoms with Crippen LogP contribution >= 0.6 is 11.8 Å². The molecule has 0 spiro atoms. The van der Waals surface area contributed by atoms with Crippen molar-refractivity contribution in [3.8, 4) is 6.07 Å². The van der Waals surface area contributed by atoms with Crippen LogP contribution in [-0.2, 0) is 11.2 Å². The maximum absolute atomic E-state index is 10.1. The van der Waals surface area contributed by atoms with Gasteiger partial charge < -0.3 is 14.9 Å². The Morgan fingerprint density at radius 2 is 1.96 bits per heavy atom. The summed E-state index contributed by atoms with van der Waals surface area (Å²) in [7, 11) is 0. The molecule has 1 fully saturated rings. The number of benzene rings is 2. The van der Waals surface area contributed by atoms with Gasteiger partial charge in [-0.25, -0.2) is 0 Å². The van der Waals surface area contributed by atoms with Gasteiger partial charge in [0.15, 0.2) is 0 Å². The van der Waals surface area contributed by atoms with Gasteiger partial charge in [0.2, 0.25) is 0 Å². The van der Waals surface area contributed by atoms with Gasteiger partial charge in [0.25, 0.3) is 0 Å². The number of thioether (sulfide) groups is 1. The number of nitrogens with zero attached hydrogens (tertiary/aromatic N) is 1. The van der Waals surface area contributed by atoms with Crippen molar-refractivity contribution >= 4 is 11.8 Å². The molecule has 2 aromatic rings. The Hall–Kier alpha value is -1.84. The van der Waals surface area contributed by atoms with Crippen molar-refractivity contribution < 1.29 is 14.9 Å². The van der Waals surface area contributed by atoms with E-state index in [1.54, 1.807) is 0 Å². The fourth-order valence-corrected chi connectivity index (χ4v) is 4.14. The molecule has 0 amide bonds. The SMILES string of the molecule is CCSc1ccc(Cc2cc([C@H]3C[C@@H](O)C[C@@H](CO)O3)ccc2C#N)cc1. The van der Waals surface area contributed by atoms with Crippen LogP contribution in [0.25, 0.3) is 0 Å². The van der Waals surface area contributed by atoms with Crippen molar-refractivity contribution in [2.24, 2.45) is 0 Å². The summed E-state index contributed by atoms with van der Waals surface area (Å²) < 4.78 is 5.92. The number of aliphatic hydroxyl groups is 2. The topological polar surface area (TPSA) is 73.5 Å². The zero-order valence-corrected chi connectivity index (χ0v) is 16.3. The van der Waals surface area contributed by atoms with Crippen LogP contribution in [-0.4, -0.2) is 34.8 Å². The number of rotatable bonds is 6. The van der Waals surface area contributed by atoms with Gasteiger partial charge in [-0.1, -0.05) is 31.2 Å². The third-order valence-electron chi connectivity index (χ3n) is 4.83. The van der Waals surface area contributed by atoms with Crippen molar-refractivity contribution in [1.82, 2.24) is 0 Å². The number of hydrogen-bond acceptors (Lipinski definition) is 5. The second-order valence-electron chi connectivity index (χ2n) is 6.84. The van der Waals surface area contributed by atoms with Crippen molar-refractivity contribution in [3.05, 3.63) is 64.7 Å². The second-order valence-corrected chi connectivity index (χ2v) is 8.17. The summed E-state index contributed by atoms with van der Waals surface area (Å²) >= 11 is 1.81. The van der Waals surface area contributed by atoms with Crippen LogP contribution in [0.4, 0.5) is 0 Å². The van der Waals surface area contributed by atoms with E-state index in [2.05, 4.69) is 37.3 Å². The predicted octanol–water partition coefficient (Wildman–Crippen LogP) is 3.83. The molecule has 1 saturated heterocycles. The van der Waals surface area contributed by atoms with Gasteiger partial charge in [-0.05, 0) is 47.1 Å². The summed E-state index contributed by atoms with van der Waals surface area (Å²) in [5, 5.41) is 28.9. The van der Waals surface area contributed by atoms with Gasteiger partial charge in [-0.2, -0.15) is 5.26 Å². The maximum atomic E-state index is 10.1. The molecule has 1 aliphatic rings. The van der Waals surface area contributed by atoms with E-state index in [1.807, 2.05) is 30.0 Å². The Morgan fingerprint density at radius 1 is 1.19 bits per heavy atom. The van der Waals surface area contributed by atoms with Crippen LogP contribution < -0.4 is 0 Å². The minimum atomic E-state index is -0.483. The van der Waals surface area contributed by atoms with Gasteiger partial charge in [-0.15, -0.1) is 11.8 Å². The monoisotopic (exact) mass is 383 g/mol. The molecule has 3 rings (SSSR count). The van der Waals surface area contributed by atoms with E-state index in [1.165, 1.54) is 4.90 Å². The Labute approximate surface area is 164 Å². The molecular weight excluding hydrogens is 358 g/mol. The normalized spacial score (nSPS) is 22.4. The maximum Gasteiger partial charge on any atom is 0.0994 e. The van der Waals surface area contributed by atoms with Crippen molar-refractivity contribution in [2.75, 3.05) is 12.4 Å². The first-order chi connectivity index (χ1) is 13.1. The lowest BCUT2D eigenvalue weighted by Crippen LogP contribution is -2.33. The summed E-state index contributed by atoms with van der Waals surface area (Å²) in [5.74, 6) is 1.04. The quantitative estimate of drug-likeness (QED) is 0.742. The third-order valence-corrected chi connectivity index (χ3v) is 5.73. The van der Waals surface area contributed by atoms with Gasteiger partial charge in [0.1, 0.15) is 0 Å². The van der Waals surface area contributed by atoms with E-state index < -0.39 is 6.10 Å². The second kappa shape index (κ2) is 9.38. The molecule has 0 aromatic heterocycles. The van der Waals surface area contributed by atoms with E-state index >= 15 is 0 Å². The van der Waals surface area contributed by atoms with E-state index in [0.29, 0.717) is 24.8 Å². The first-order valence-electron chi connectivity index (χ1n) is 9.32. The van der Waals surface area contributed by atoms with Crippen LogP contribution in [0.1, 0.15) is 48.1 Å². The Morgan fingerprint density at radius 3 is 2.63 bits per heavy atom. The minimum Gasteiger partial charge on any atom is -0.394 e. The van der Waals surface area contributed by atoms with E-state index in [0.717, 1.165) is 22.4 Å². The Bertz CT molecular complexity index is 800. The standard InChI is InChI=1S/C22H25NO3S/c1-2-27-21-7-3-15(4-8-21)9-18-10-16(5-6-17(18)13-23)22-12-19(25)11-20(14-24)26-22/h3-8,10,19-20,22,24-25H,2,9,11-12,14H2,1H3/t19-,20-,22+/m0/s1. The van der Waals surface area contributed by atoms with Gasteiger partial charge in [-0.3, -0.25) is 0 Å². The highest BCUT2D eigenvalue weighted by Crippen LogP contribution is 2.33. The van der Waals surface area contributed by atoms with Crippen LogP contribution in [0, 0.1) is 11.3 Å². The average Bonchev–Trinajstić information content (AvgIpc) is 2.69. The molecule has 0 saturated carbocycles. The van der Waals surface area contributed by atoms with Crippen LogP contribution in [0.15, 0.2) is 47.4 Å². The van der Waals surface area contributed by atoms with Gasteiger partial charge in [0.05, 0.1) is 36.6 Å². The highest BCUT2D eigenvalue weighted by atomic mass is 32.2. The summed E-state index contributed by atoms with van der Waals surface area (Å²) in [6.45, 7) is 2.04. The van der Waals surface area contributed by atoms with Gasteiger partial charge in [0, 0.05) is 17.7 Å². The van der Waals surface area contributed by atoms with E-state index in [-0.39, 0.29) is 18.8 Å². The van der Waals surface area contributed by atoms with Crippen LogP contribution in [0.3, 0.4) is 0 Å². The predicted molar refractivity (Wildman–Crippen MR) is 107 cm³/mol. The fourth-order valence-electron chi connectivity index (χ4n) is 3.48. The van der Waals surface area contributed by atoms with Gasteiger partial charge >= 0.3 is 0 Å². The smallest absolute Gasteiger partial charge is 0.0994 e. The highest BCUT2D eigenvalue weighted by Gasteiger charge is 2.29. The molecule has 2 aromatic carbocycles. The fraction of sp³-hybridized carbons (Fsp3) is 0.409. The average molecular weight is 384 g/mol. The molecule has 1 aliphatic heterocycles. The molecule has 5 heteroatoms. The molecule has 0 unspecified atom stereocenters. The largest absolute Gasteiger partial charge is 0.394 e. The molecule has 0 bridgehead atoms. The summed E-state index contributed by atoms with van der Waals surface area (Å²) in [4.78, 5) is 1.25. The zero-order chi connectivity index (χ0) is 19.2. The molecule has 4 nitrogen and oxygen atoms in total. The molecule has 0 radical (unpaired) electrons. The van der Waals surface area contributed by atoms with Crippen molar-refractivity contribution in [3.63, 3.8) is 0 Å². The molecule has 2 N–H and O–H groups in total. The molecular formula is C22H25NO3S. The lowest BCUT2D eigenvalue weighted by atomic mass is 9.92. The van der Waals surface area contributed by atoms with Crippen molar-refractivity contribution in [1.29, 1.82) is 5.26 Å². The molecule has 142 valence electrons. The lowest BCUT2D eigenvalue weighted by molar-refractivity contribution is -0.113.